The Morgan fingerprint density at radius 1 is 1.12 bits per heavy atom. The number of amides is 2. The molecule has 0 aromatic heterocycles. The van der Waals surface area contributed by atoms with Gasteiger partial charge < -0.3 is 11.5 Å². The van der Waals surface area contributed by atoms with Gasteiger partial charge in [-0.2, -0.15) is 10.1 Å². The highest BCUT2D eigenvalue weighted by Crippen LogP contribution is 2.23. The van der Waals surface area contributed by atoms with Crippen molar-refractivity contribution in [3.05, 3.63) is 35.4 Å². The molecule has 1 aromatic carbocycles. The summed E-state index contributed by atoms with van der Waals surface area (Å²) in [6, 6.07) is 6.79. The van der Waals surface area contributed by atoms with Crippen LogP contribution in [0.15, 0.2) is 34.3 Å². The van der Waals surface area contributed by atoms with Crippen molar-refractivity contribution < 1.29 is 14.4 Å². The van der Waals surface area contributed by atoms with Gasteiger partial charge >= 0.3 is 0 Å². The summed E-state index contributed by atoms with van der Waals surface area (Å²) in [5.41, 5.74) is 11.5. The van der Waals surface area contributed by atoms with E-state index in [4.69, 9.17) is 16.3 Å². The molecule has 0 saturated heterocycles. The van der Waals surface area contributed by atoms with E-state index < -0.39 is 5.66 Å². The van der Waals surface area contributed by atoms with Crippen molar-refractivity contribution in [2.24, 2.45) is 21.5 Å². The van der Waals surface area contributed by atoms with Gasteiger partial charge in [0.1, 0.15) is 0 Å². The largest absolute Gasteiger partial charge is 0.368 e. The predicted octanol–water partition coefficient (Wildman–Crippen LogP) is 0.285. The number of guanidine groups is 2. The normalized spacial score (nSPS) is 19.0. The fourth-order valence-corrected chi connectivity index (χ4v) is 2.84. The summed E-state index contributed by atoms with van der Waals surface area (Å²) >= 11 is 0. The second kappa shape index (κ2) is 6.17. The number of hydrogen-bond acceptors (Lipinski definition) is 8. The monoisotopic (exact) mass is 344 g/mol. The molecule has 9 nitrogen and oxygen atoms in total. The third kappa shape index (κ3) is 3.05. The van der Waals surface area contributed by atoms with Gasteiger partial charge in [0.15, 0.2) is 5.66 Å². The highest BCUT2D eigenvalue weighted by molar-refractivity contribution is 6.21. The zero-order valence-electron chi connectivity index (χ0n) is 14.1. The number of carbonyl (C=O) groups excluding carboxylic acids is 2. The van der Waals surface area contributed by atoms with Crippen molar-refractivity contribution >= 4 is 23.7 Å². The maximum absolute atomic E-state index is 12.3. The Hall–Kier alpha value is -2.94. The maximum Gasteiger partial charge on any atom is 0.261 e. The highest BCUT2D eigenvalue weighted by atomic mass is 16.7. The Labute approximate surface area is 144 Å². The van der Waals surface area contributed by atoms with Gasteiger partial charge in [-0.25, -0.2) is 4.99 Å². The first kappa shape index (κ1) is 16.9. The van der Waals surface area contributed by atoms with Crippen LogP contribution in [0.1, 0.15) is 41.0 Å². The SMILES string of the molecule is CC1(C)N=C(N)N=C(N)N1OCCCN1C(=O)c2ccccc2C1=O. The van der Waals surface area contributed by atoms with Gasteiger partial charge in [-0.1, -0.05) is 12.1 Å². The first-order valence-electron chi connectivity index (χ1n) is 7.89. The second-order valence-electron chi connectivity index (χ2n) is 6.22. The Bertz CT molecular complexity index is 751. The van der Waals surface area contributed by atoms with Gasteiger partial charge in [0.25, 0.3) is 11.8 Å². The van der Waals surface area contributed by atoms with Crippen molar-refractivity contribution in [1.29, 1.82) is 0 Å². The molecule has 0 bridgehead atoms. The molecule has 0 fully saturated rings. The lowest BCUT2D eigenvalue weighted by Crippen LogP contribution is -2.53. The lowest BCUT2D eigenvalue weighted by atomic mass is 10.1. The summed E-state index contributed by atoms with van der Waals surface area (Å²) in [5, 5.41) is 1.37. The Morgan fingerprint density at radius 2 is 1.72 bits per heavy atom. The summed E-state index contributed by atoms with van der Waals surface area (Å²) in [6.45, 7) is 4.06. The summed E-state index contributed by atoms with van der Waals surface area (Å²) in [7, 11) is 0. The number of benzene rings is 1. The van der Waals surface area contributed by atoms with E-state index >= 15 is 0 Å². The van der Waals surface area contributed by atoms with E-state index in [0.29, 0.717) is 17.5 Å². The zero-order valence-corrected chi connectivity index (χ0v) is 14.1. The first-order valence-corrected chi connectivity index (χ1v) is 7.89. The van der Waals surface area contributed by atoms with E-state index in [0.717, 1.165) is 0 Å². The van der Waals surface area contributed by atoms with E-state index in [9.17, 15) is 9.59 Å². The summed E-state index contributed by atoms with van der Waals surface area (Å²) in [5.74, 6) is -0.360. The molecule has 25 heavy (non-hydrogen) atoms. The predicted molar refractivity (Wildman–Crippen MR) is 91.5 cm³/mol. The van der Waals surface area contributed by atoms with E-state index in [1.54, 1.807) is 38.1 Å². The van der Waals surface area contributed by atoms with Crippen molar-refractivity contribution in [3.8, 4) is 0 Å². The van der Waals surface area contributed by atoms with Crippen LogP contribution in [0, 0.1) is 0 Å². The highest BCUT2D eigenvalue weighted by Gasteiger charge is 2.35. The number of hydroxylamine groups is 2. The maximum atomic E-state index is 12.3. The van der Waals surface area contributed by atoms with E-state index in [1.165, 1.54) is 9.96 Å². The van der Waals surface area contributed by atoms with Crippen LogP contribution in [0.2, 0.25) is 0 Å². The first-order chi connectivity index (χ1) is 11.8. The van der Waals surface area contributed by atoms with Gasteiger partial charge in [-0.3, -0.25) is 19.3 Å². The van der Waals surface area contributed by atoms with E-state index in [2.05, 4.69) is 9.98 Å². The number of nitrogens with two attached hydrogens (primary N) is 2. The van der Waals surface area contributed by atoms with Crippen LogP contribution >= 0.6 is 0 Å². The quantitative estimate of drug-likeness (QED) is 0.584. The molecule has 132 valence electrons. The summed E-state index contributed by atoms with van der Waals surface area (Å²) < 4.78 is 0. The average Bonchev–Trinajstić information content (AvgIpc) is 2.77. The van der Waals surface area contributed by atoms with Gasteiger partial charge in [-0.15, -0.1) is 0 Å². The third-order valence-corrected chi connectivity index (χ3v) is 3.95. The minimum Gasteiger partial charge on any atom is -0.368 e. The molecule has 0 aliphatic carbocycles. The summed E-state index contributed by atoms with van der Waals surface area (Å²) in [4.78, 5) is 39.4. The number of imide groups is 1. The molecule has 3 rings (SSSR count). The molecule has 0 spiro atoms. The molecule has 0 saturated carbocycles. The number of fused-ring (bicyclic) bond motifs is 1. The lowest BCUT2D eigenvalue weighted by molar-refractivity contribution is -0.157. The van der Waals surface area contributed by atoms with Crippen LogP contribution < -0.4 is 11.5 Å². The molecular formula is C16H20N6O3. The molecule has 0 radical (unpaired) electrons. The molecular weight excluding hydrogens is 324 g/mol. The van der Waals surface area contributed by atoms with Crippen LogP contribution in [0.25, 0.3) is 0 Å². The minimum absolute atomic E-state index is 0.0911. The standard InChI is InChI=1S/C16H20N6O3/c1-16(2)20-14(17)19-15(18)22(16)25-9-5-8-21-12(23)10-6-3-4-7-11(10)13(21)24/h3-4,6-7H,5,8-9H2,1-2H3,(H4,17,18,19,20). The minimum atomic E-state index is -0.786. The van der Waals surface area contributed by atoms with Gasteiger partial charge in [0.2, 0.25) is 11.9 Å². The van der Waals surface area contributed by atoms with Crippen molar-refractivity contribution in [3.63, 3.8) is 0 Å². The number of carbonyl (C=O) groups is 2. The topological polar surface area (TPSA) is 127 Å². The van der Waals surface area contributed by atoms with Crippen LogP contribution in [-0.4, -0.2) is 52.5 Å². The Balaban J connectivity index is 1.56. The number of aliphatic imine (C=N–C) groups is 2. The Morgan fingerprint density at radius 3 is 2.28 bits per heavy atom. The molecule has 1 aromatic rings. The zero-order chi connectivity index (χ0) is 18.2. The molecule has 0 unspecified atom stereocenters. The van der Waals surface area contributed by atoms with Crippen molar-refractivity contribution in [1.82, 2.24) is 9.96 Å². The average molecular weight is 344 g/mol. The molecule has 2 heterocycles. The van der Waals surface area contributed by atoms with Gasteiger partial charge in [-0.05, 0) is 32.4 Å². The van der Waals surface area contributed by atoms with E-state index in [1.807, 2.05) is 0 Å². The number of rotatable bonds is 5. The van der Waals surface area contributed by atoms with Crippen molar-refractivity contribution in [2.75, 3.05) is 13.2 Å². The van der Waals surface area contributed by atoms with Crippen LogP contribution in [0.3, 0.4) is 0 Å². The Kier molecular flexibility index (Phi) is 4.17. The number of nitrogens with zero attached hydrogens (tertiary/aromatic N) is 4. The lowest BCUT2D eigenvalue weighted by Gasteiger charge is -2.36. The fraction of sp³-hybridized carbons (Fsp3) is 0.375. The molecule has 0 atom stereocenters. The van der Waals surface area contributed by atoms with Gasteiger partial charge in [0, 0.05) is 6.54 Å². The van der Waals surface area contributed by atoms with Gasteiger partial charge in [0.05, 0.1) is 17.7 Å². The molecule has 9 heteroatoms. The molecule has 2 aliphatic rings. The fourth-order valence-electron chi connectivity index (χ4n) is 2.84. The molecule has 4 N–H and O–H groups in total. The second-order valence-corrected chi connectivity index (χ2v) is 6.22. The smallest absolute Gasteiger partial charge is 0.261 e. The summed E-state index contributed by atoms with van der Waals surface area (Å²) in [6.07, 6.45) is 0.449. The molecule has 2 aliphatic heterocycles. The third-order valence-electron chi connectivity index (χ3n) is 3.95. The number of hydrogen-bond donors (Lipinski definition) is 2. The van der Waals surface area contributed by atoms with Crippen LogP contribution in [0.5, 0.6) is 0 Å². The molecule has 2 amide bonds. The van der Waals surface area contributed by atoms with Crippen molar-refractivity contribution in [2.45, 2.75) is 25.9 Å². The van der Waals surface area contributed by atoms with Crippen LogP contribution in [-0.2, 0) is 4.84 Å². The van der Waals surface area contributed by atoms with Crippen LogP contribution in [0.4, 0.5) is 0 Å². The van der Waals surface area contributed by atoms with E-state index in [-0.39, 0.29) is 36.9 Å².